The molecule has 0 atom stereocenters. The molecular formula is C25H31O3-. The van der Waals surface area contributed by atoms with Crippen LogP contribution in [0.3, 0.4) is 0 Å². The van der Waals surface area contributed by atoms with Crippen LogP contribution in [0.2, 0.25) is 0 Å². The predicted octanol–water partition coefficient (Wildman–Crippen LogP) is 4.73. The molecule has 2 rings (SSSR count). The van der Waals surface area contributed by atoms with Crippen molar-refractivity contribution in [2.24, 2.45) is 0 Å². The summed E-state index contributed by atoms with van der Waals surface area (Å²) in [6, 6.07) is 11.9. The van der Waals surface area contributed by atoms with Crippen LogP contribution in [0.25, 0.3) is 6.08 Å². The summed E-state index contributed by atoms with van der Waals surface area (Å²) in [5.41, 5.74) is 4.67. The van der Waals surface area contributed by atoms with Gasteiger partial charge in [0.2, 0.25) is 0 Å². The number of carbonyl (C=O) groups excluding carboxylic acids is 1. The molecule has 0 unspecified atom stereocenters. The summed E-state index contributed by atoms with van der Waals surface area (Å²) < 4.78 is 0. The van der Waals surface area contributed by atoms with Crippen molar-refractivity contribution in [1.29, 1.82) is 0 Å². The molecule has 0 amide bonds. The quantitative estimate of drug-likeness (QED) is 0.781. The van der Waals surface area contributed by atoms with Crippen LogP contribution in [0.15, 0.2) is 42.0 Å². The van der Waals surface area contributed by atoms with Gasteiger partial charge in [-0.3, -0.25) is 0 Å². The Morgan fingerprint density at radius 1 is 1.00 bits per heavy atom. The summed E-state index contributed by atoms with van der Waals surface area (Å²) in [5.74, 6) is -0.797. The lowest BCUT2D eigenvalue weighted by Crippen LogP contribution is -2.22. The first kappa shape index (κ1) is 21.7. The summed E-state index contributed by atoms with van der Waals surface area (Å²) in [5, 5.41) is 22.0. The summed E-state index contributed by atoms with van der Waals surface area (Å²) in [6.07, 6.45) is 2.31. The number of phenolic OH excluding ortho intramolecular Hbond substituents is 1. The minimum absolute atomic E-state index is 0.189. The van der Waals surface area contributed by atoms with Gasteiger partial charge in [-0.25, -0.2) is 0 Å². The average Bonchev–Trinajstić information content (AvgIpc) is 2.55. The third-order valence-electron chi connectivity index (χ3n) is 4.93. The Labute approximate surface area is 168 Å². The van der Waals surface area contributed by atoms with Crippen molar-refractivity contribution >= 4 is 12.0 Å². The Hall–Kier alpha value is -2.55. The lowest BCUT2D eigenvalue weighted by atomic mass is 9.78. The first-order chi connectivity index (χ1) is 12.8. The van der Waals surface area contributed by atoms with Crippen LogP contribution in [0.1, 0.15) is 76.3 Å². The lowest BCUT2D eigenvalue weighted by molar-refractivity contribution is -0.299. The fraction of sp³-hybridized carbons (Fsp3) is 0.400. The van der Waals surface area contributed by atoms with Gasteiger partial charge in [0, 0.05) is 0 Å². The Morgan fingerprint density at radius 3 is 1.96 bits per heavy atom. The minimum Gasteiger partial charge on any atom is -0.545 e. The average molecular weight is 380 g/mol. The first-order valence-corrected chi connectivity index (χ1v) is 9.65. The van der Waals surface area contributed by atoms with Gasteiger partial charge >= 0.3 is 0 Å². The SMILES string of the molecule is C/C(=C\c1ccccc1Cc1cc(C(C)(C)C)c(O)c(C(C)(C)C)c1)C(=O)[O-]. The number of carboxylic acids is 1. The highest BCUT2D eigenvalue weighted by Gasteiger charge is 2.26. The molecule has 2 aromatic carbocycles. The van der Waals surface area contributed by atoms with Gasteiger partial charge < -0.3 is 15.0 Å². The number of aromatic hydroxyl groups is 1. The highest BCUT2D eigenvalue weighted by atomic mass is 16.4. The number of carbonyl (C=O) groups is 1. The van der Waals surface area contributed by atoms with Crippen molar-refractivity contribution in [3.05, 3.63) is 69.8 Å². The highest BCUT2D eigenvalue weighted by Crippen LogP contribution is 2.40. The van der Waals surface area contributed by atoms with Gasteiger partial charge in [-0.2, -0.15) is 0 Å². The molecule has 0 aromatic heterocycles. The summed E-state index contributed by atoms with van der Waals surface area (Å²) >= 11 is 0. The molecular weight excluding hydrogens is 348 g/mol. The van der Waals surface area contributed by atoms with E-state index < -0.39 is 5.97 Å². The van der Waals surface area contributed by atoms with Crippen molar-refractivity contribution < 1.29 is 15.0 Å². The molecule has 3 heteroatoms. The van der Waals surface area contributed by atoms with Gasteiger partial charge in [-0.15, -0.1) is 0 Å². The van der Waals surface area contributed by atoms with Crippen molar-refractivity contribution in [2.45, 2.75) is 65.7 Å². The number of aliphatic carboxylic acids is 1. The van der Waals surface area contributed by atoms with Crippen molar-refractivity contribution in [3.63, 3.8) is 0 Å². The molecule has 0 aliphatic rings. The topological polar surface area (TPSA) is 60.4 Å². The third-order valence-corrected chi connectivity index (χ3v) is 4.93. The maximum Gasteiger partial charge on any atom is 0.123 e. The Balaban J connectivity index is 2.60. The van der Waals surface area contributed by atoms with Crippen LogP contribution in [0, 0.1) is 0 Å². The summed E-state index contributed by atoms with van der Waals surface area (Å²) in [6.45, 7) is 14.1. The van der Waals surface area contributed by atoms with Gasteiger partial charge in [-0.05, 0) is 63.6 Å². The van der Waals surface area contributed by atoms with Crippen LogP contribution in [-0.4, -0.2) is 11.1 Å². The van der Waals surface area contributed by atoms with Crippen molar-refractivity contribution in [3.8, 4) is 5.75 Å². The van der Waals surface area contributed by atoms with Crippen LogP contribution in [0.4, 0.5) is 0 Å². The molecule has 0 saturated carbocycles. The smallest absolute Gasteiger partial charge is 0.123 e. The minimum atomic E-state index is -1.16. The second-order valence-electron chi connectivity index (χ2n) is 9.53. The number of phenols is 1. The van der Waals surface area contributed by atoms with E-state index in [4.69, 9.17) is 0 Å². The zero-order valence-corrected chi connectivity index (χ0v) is 18.0. The summed E-state index contributed by atoms with van der Waals surface area (Å²) in [7, 11) is 0. The molecule has 150 valence electrons. The molecule has 3 nitrogen and oxygen atoms in total. The molecule has 0 radical (unpaired) electrons. The van der Waals surface area contributed by atoms with Crippen LogP contribution < -0.4 is 5.11 Å². The number of hydrogen-bond acceptors (Lipinski definition) is 3. The molecule has 0 spiro atoms. The van der Waals surface area contributed by atoms with Crippen LogP contribution in [0.5, 0.6) is 5.75 Å². The largest absolute Gasteiger partial charge is 0.545 e. The lowest BCUT2D eigenvalue weighted by Gasteiger charge is -2.28. The van der Waals surface area contributed by atoms with Crippen molar-refractivity contribution in [2.75, 3.05) is 0 Å². The maximum atomic E-state index is 11.1. The number of carboxylic acid groups (broad SMARTS) is 1. The van der Waals surface area contributed by atoms with Gasteiger partial charge in [0.1, 0.15) is 5.75 Å². The Morgan fingerprint density at radius 2 is 1.50 bits per heavy atom. The maximum absolute atomic E-state index is 11.1. The fourth-order valence-corrected chi connectivity index (χ4v) is 3.29. The van der Waals surface area contributed by atoms with E-state index in [0.29, 0.717) is 12.2 Å². The van der Waals surface area contributed by atoms with E-state index in [1.807, 2.05) is 24.3 Å². The van der Waals surface area contributed by atoms with E-state index in [1.54, 1.807) is 13.0 Å². The van der Waals surface area contributed by atoms with E-state index in [1.165, 1.54) is 0 Å². The first-order valence-electron chi connectivity index (χ1n) is 9.65. The molecule has 0 bridgehead atoms. The number of rotatable bonds is 4. The monoisotopic (exact) mass is 379 g/mol. The molecule has 1 N–H and O–H groups in total. The normalized spacial score (nSPS) is 12.9. The molecule has 0 heterocycles. The third kappa shape index (κ3) is 5.03. The van der Waals surface area contributed by atoms with Gasteiger partial charge in [0.25, 0.3) is 0 Å². The molecule has 0 fully saturated rings. The van der Waals surface area contributed by atoms with Gasteiger partial charge in [-0.1, -0.05) is 77.9 Å². The zero-order chi connectivity index (χ0) is 21.3. The molecule has 2 aromatic rings. The second kappa shape index (κ2) is 7.83. The van der Waals surface area contributed by atoms with Crippen LogP contribution in [-0.2, 0) is 22.0 Å². The van der Waals surface area contributed by atoms with Gasteiger partial charge in [0.15, 0.2) is 0 Å². The van der Waals surface area contributed by atoms with E-state index in [9.17, 15) is 15.0 Å². The highest BCUT2D eigenvalue weighted by molar-refractivity contribution is 5.90. The zero-order valence-electron chi connectivity index (χ0n) is 18.0. The number of benzene rings is 2. The Kier molecular flexibility index (Phi) is 6.08. The predicted molar refractivity (Wildman–Crippen MR) is 113 cm³/mol. The fourth-order valence-electron chi connectivity index (χ4n) is 3.29. The molecule has 28 heavy (non-hydrogen) atoms. The summed E-state index contributed by atoms with van der Waals surface area (Å²) in [4.78, 5) is 11.1. The molecule has 0 aliphatic heterocycles. The number of hydrogen-bond donors (Lipinski definition) is 1. The van der Waals surface area contributed by atoms with E-state index in [-0.39, 0.29) is 16.4 Å². The van der Waals surface area contributed by atoms with Gasteiger partial charge in [0.05, 0.1) is 5.97 Å². The molecule has 0 saturated heterocycles. The Bertz CT molecular complexity index is 871. The van der Waals surface area contributed by atoms with Crippen molar-refractivity contribution in [1.82, 2.24) is 0 Å². The standard InChI is InChI=1S/C25H32O3/c1-16(23(27)28)12-18-10-8-9-11-19(18)13-17-14-20(24(2,3)4)22(26)21(15-17)25(5,6)7/h8-12,14-15,26H,13H2,1-7H3,(H,27,28)/p-1/b16-12+. The van der Waals surface area contributed by atoms with Crippen LogP contribution >= 0.6 is 0 Å². The van der Waals surface area contributed by atoms with E-state index in [0.717, 1.165) is 27.8 Å². The molecule has 0 aliphatic carbocycles. The van der Waals surface area contributed by atoms with E-state index in [2.05, 4.69) is 53.7 Å². The second-order valence-corrected chi connectivity index (χ2v) is 9.53. The van der Waals surface area contributed by atoms with E-state index >= 15 is 0 Å².